The SMILES string of the molecule is COCC(=O)Nc1ccc(NC(=O)c2ccc(NC(=O)C3CC3C)cc2)cc1. The molecule has 2 unspecified atom stereocenters. The second-order valence-corrected chi connectivity index (χ2v) is 6.90. The predicted octanol–water partition coefficient (Wildman–Crippen LogP) is 3.12. The maximum Gasteiger partial charge on any atom is 0.255 e. The van der Waals surface area contributed by atoms with Crippen LogP contribution in [-0.2, 0) is 14.3 Å². The summed E-state index contributed by atoms with van der Waals surface area (Å²) in [6.45, 7) is 2.03. The van der Waals surface area contributed by atoms with Gasteiger partial charge in [0.1, 0.15) is 6.61 Å². The molecule has 3 amide bonds. The van der Waals surface area contributed by atoms with E-state index < -0.39 is 0 Å². The summed E-state index contributed by atoms with van der Waals surface area (Å²) in [4.78, 5) is 35.8. The van der Waals surface area contributed by atoms with Gasteiger partial charge in [-0.3, -0.25) is 14.4 Å². The number of anilines is 3. The molecule has 7 nitrogen and oxygen atoms in total. The van der Waals surface area contributed by atoms with E-state index in [1.54, 1.807) is 48.5 Å². The minimum atomic E-state index is -0.259. The molecule has 3 N–H and O–H groups in total. The van der Waals surface area contributed by atoms with Crippen molar-refractivity contribution in [2.24, 2.45) is 11.8 Å². The van der Waals surface area contributed by atoms with Crippen LogP contribution in [-0.4, -0.2) is 31.4 Å². The summed E-state index contributed by atoms with van der Waals surface area (Å²) < 4.78 is 4.76. The molecule has 0 spiro atoms. The monoisotopic (exact) mass is 381 g/mol. The van der Waals surface area contributed by atoms with E-state index in [-0.39, 0.29) is 30.2 Å². The number of carbonyl (C=O) groups is 3. The maximum atomic E-state index is 12.4. The zero-order chi connectivity index (χ0) is 20.1. The van der Waals surface area contributed by atoms with Crippen molar-refractivity contribution < 1.29 is 19.1 Å². The van der Waals surface area contributed by atoms with Crippen molar-refractivity contribution in [3.05, 3.63) is 54.1 Å². The lowest BCUT2D eigenvalue weighted by atomic mass is 10.1. The van der Waals surface area contributed by atoms with Gasteiger partial charge < -0.3 is 20.7 Å². The van der Waals surface area contributed by atoms with E-state index in [9.17, 15) is 14.4 Å². The van der Waals surface area contributed by atoms with Gasteiger partial charge in [0, 0.05) is 35.7 Å². The molecule has 1 fully saturated rings. The number of methoxy groups -OCH3 is 1. The van der Waals surface area contributed by atoms with Gasteiger partial charge in [0.2, 0.25) is 11.8 Å². The molecule has 2 atom stereocenters. The Hall–Kier alpha value is -3.19. The zero-order valence-electron chi connectivity index (χ0n) is 15.8. The van der Waals surface area contributed by atoms with Crippen LogP contribution in [0, 0.1) is 11.8 Å². The Morgan fingerprint density at radius 2 is 1.39 bits per heavy atom. The number of nitrogens with one attached hydrogen (secondary N) is 3. The van der Waals surface area contributed by atoms with Gasteiger partial charge in [0.05, 0.1) is 0 Å². The highest BCUT2D eigenvalue weighted by molar-refractivity contribution is 6.05. The second-order valence-electron chi connectivity index (χ2n) is 6.90. The number of amides is 3. The predicted molar refractivity (Wildman–Crippen MR) is 107 cm³/mol. The Morgan fingerprint density at radius 3 is 1.93 bits per heavy atom. The summed E-state index contributed by atoms with van der Waals surface area (Å²) >= 11 is 0. The third-order valence-electron chi connectivity index (χ3n) is 4.56. The molecule has 0 saturated heterocycles. The van der Waals surface area contributed by atoms with Crippen molar-refractivity contribution in [2.45, 2.75) is 13.3 Å². The molecule has 28 heavy (non-hydrogen) atoms. The molecule has 0 aromatic heterocycles. The molecule has 2 aromatic rings. The highest BCUT2D eigenvalue weighted by Gasteiger charge is 2.39. The minimum Gasteiger partial charge on any atom is -0.375 e. The average molecular weight is 381 g/mol. The third-order valence-corrected chi connectivity index (χ3v) is 4.56. The first-order valence-corrected chi connectivity index (χ1v) is 9.07. The Bertz CT molecular complexity index is 862. The molecule has 0 radical (unpaired) electrons. The van der Waals surface area contributed by atoms with Gasteiger partial charge in [-0.25, -0.2) is 0 Å². The Kier molecular flexibility index (Phi) is 6.06. The highest BCUT2D eigenvalue weighted by atomic mass is 16.5. The fourth-order valence-corrected chi connectivity index (χ4v) is 2.80. The van der Waals surface area contributed by atoms with Gasteiger partial charge in [-0.1, -0.05) is 6.92 Å². The van der Waals surface area contributed by atoms with Crippen LogP contribution in [0.15, 0.2) is 48.5 Å². The van der Waals surface area contributed by atoms with Crippen molar-refractivity contribution in [3.63, 3.8) is 0 Å². The number of hydrogen-bond donors (Lipinski definition) is 3. The average Bonchev–Trinajstić information content (AvgIpc) is 3.41. The molecule has 1 aliphatic carbocycles. The number of benzene rings is 2. The van der Waals surface area contributed by atoms with Crippen LogP contribution in [0.4, 0.5) is 17.1 Å². The molecule has 2 aromatic carbocycles. The van der Waals surface area contributed by atoms with Crippen molar-refractivity contribution in [1.82, 2.24) is 0 Å². The lowest BCUT2D eigenvalue weighted by Crippen LogP contribution is -2.17. The third kappa shape index (κ3) is 5.17. The van der Waals surface area contributed by atoms with Crippen molar-refractivity contribution in [2.75, 3.05) is 29.7 Å². The van der Waals surface area contributed by atoms with Gasteiger partial charge >= 0.3 is 0 Å². The first kappa shape index (κ1) is 19.6. The lowest BCUT2D eigenvalue weighted by Gasteiger charge is -2.09. The zero-order valence-corrected chi connectivity index (χ0v) is 15.8. The fourth-order valence-electron chi connectivity index (χ4n) is 2.80. The van der Waals surface area contributed by atoms with Gasteiger partial charge in [0.25, 0.3) is 5.91 Å². The van der Waals surface area contributed by atoms with Crippen LogP contribution in [0.5, 0.6) is 0 Å². The summed E-state index contributed by atoms with van der Waals surface area (Å²) in [6, 6.07) is 13.6. The van der Waals surface area contributed by atoms with Crippen LogP contribution in [0.1, 0.15) is 23.7 Å². The van der Waals surface area contributed by atoms with Gasteiger partial charge in [-0.05, 0) is 60.9 Å². The van der Waals surface area contributed by atoms with E-state index in [2.05, 4.69) is 22.9 Å². The van der Waals surface area contributed by atoms with Crippen molar-refractivity contribution in [3.8, 4) is 0 Å². The van der Waals surface area contributed by atoms with Crippen LogP contribution in [0.3, 0.4) is 0 Å². The van der Waals surface area contributed by atoms with E-state index in [4.69, 9.17) is 4.74 Å². The highest BCUT2D eigenvalue weighted by Crippen LogP contribution is 2.38. The molecule has 0 heterocycles. The van der Waals surface area contributed by atoms with Gasteiger partial charge in [-0.15, -0.1) is 0 Å². The molecular formula is C21H23N3O4. The Balaban J connectivity index is 1.54. The first-order chi connectivity index (χ1) is 13.5. The standard InChI is InChI=1S/C21H23N3O4/c1-13-11-18(13)21(27)24-16-5-3-14(4-6-16)20(26)23-17-9-7-15(8-10-17)22-19(25)12-28-2/h3-10,13,18H,11-12H2,1-2H3,(H,22,25)(H,23,26)(H,24,27). The lowest BCUT2D eigenvalue weighted by molar-refractivity contribution is -0.119. The quantitative estimate of drug-likeness (QED) is 0.686. The maximum absolute atomic E-state index is 12.4. The van der Waals surface area contributed by atoms with Crippen molar-refractivity contribution in [1.29, 1.82) is 0 Å². The smallest absolute Gasteiger partial charge is 0.255 e. The largest absolute Gasteiger partial charge is 0.375 e. The molecule has 3 rings (SSSR count). The summed E-state index contributed by atoms with van der Waals surface area (Å²) in [5, 5.41) is 8.34. The second kappa shape index (κ2) is 8.67. The van der Waals surface area contributed by atoms with E-state index >= 15 is 0 Å². The molecule has 0 aliphatic heterocycles. The minimum absolute atomic E-state index is 0.0192. The summed E-state index contributed by atoms with van der Waals surface area (Å²) in [5.74, 6) is 0.0739. The van der Waals surface area contributed by atoms with Crippen LogP contribution < -0.4 is 16.0 Å². The molecular weight excluding hydrogens is 358 g/mol. The summed E-state index contributed by atoms with van der Waals surface area (Å²) in [6.07, 6.45) is 0.932. The van der Waals surface area contributed by atoms with E-state index in [1.807, 2.05) is 0 Å². The normalized spacial score (nSPS) is 17.5. The van der Waals surface area contributed by atoms with E-state index in [0.717, 1.165) is 6.42 Å². The summed E-state index contributed by atoms with van der Waals surface area (Å²) in [7, 11) is 1.45. The Morgan fingerprint density at radius 1 is 0.893 bits per heavy atom. The number of hydrogen-bond acceptors (Lipinski definition) is 4. The van der Waals surface area contributed by atoms with E-state index in [1.165, 1.54) is 7.11 Å². The molecule has 1 aliphatic rings. The Labute approximate surface area is 163 Å². The topological polar surface area (TPSA) is 96.5 Å². The number of rotatable bonds is 7. The molecule has 7 heteroatoms. The summed E-state index contributed by atoms with van der Waals surface area (Å²) in [5.41, 5.74) is 2.38. The van der Waals surface area contributed by atoms with Crippen LogP contribution >= 0.6 is 0 Å². The molecule has 1 saturated carbocycles. The first-order valence-electron chi connectivity index (χ1n) is 9.07. The van der Waals surface area contributed by atoms with Crippen LogP contribution in [0.25, 0.3) is 0 Å². The van der Waals surface area contributed by atoms with Crippen molar-refractivity contribution >= 4 is 34.8 Å². The number of carbonyl (C=O) groups excluding carboxylic acids is 3. The van der Waals surface area contributed by atoms with Gasteiger partial charge in [-0.2, -0.15) is 0 Å². The fraction of sp³-hybridized carbons (Fsp3) is 0.286. The van der Waals surface area contributed by atoms with Crippen LogP contribution in [0.2, 0.25) is 0 Å². The van der Waals surface area contributed by atoms with Gasteiger partial charge in [0.15, 0.2) is 0 Å². The molecule has 0 bridgehead atoms. The number of ether oxygens (including phenoxy) is 1. The van der Waals surface area contributed by atoms with E-state index in [0.29, 0.717) is 28.5 Å². The molecule has 146 valence electrons.